The number of aryl methyl sites for hydroxylation is 1. The SMILES string of the molecule is Cn1c2ccccc2c2cccc(-c3ccc(N(c4ccccc4)c4ccc(-c5ccccc5)cc4)cc3)c21. The van der Waals surface area contributed by atoms with Gasteiger partial charge in [0.05, 0.1) is 5.52 Å². The lowest BCUT2D eigenvalue weighted by Crippen LogP contribution is -2.09. The van der Waals surface area contributed by atoms with Gasteiger partial charge >= 0.3 is 0 Å². The minimum absolute atomic E-state index is 1.13. The summed E-state index contributed by atoms with van der Waals surface area (Å²) in [5.74, 6) is 0. The number of hydrogen-bond donors (Lipinski definition) is 0. The highest BCUT2D eigenvalue weighted by Crippen LogP contribution is 2.39. The third-order valence-electron chi connectivity index (χ3n) is 7.61. The Morgan fingerprint density at radius 1 is 0.410 bits per heavy atom. The molecule has 0 fully saturated rings. The molecule has 1 heterocycles. The lowest BCUT2D eigenvalue weighted by molar-refractivity contribution is 1.02. The zero-order valence-corrected chi connectivity index (χ0v) is 21.8. The van der Waals surface area contributed by atoms with Gasteiger partial charge in [-0.2, -0.15) is 0 Å². The molecule has 0 spiro atoms. The fraction of sp³-hybridized carbons (Fsp3) is 0.0270. The van der Waals surface area contributed by atoms with Crippen molar-refractivity contribution in [3.8, 4) is 22.3 Å². The molecule has 2 heteroatoms. The van der Waals surface area contributed by atoms with Crippen LogP contribution >= 0.6 is 0 Å². The van der Waals surface area contributed by atoms with E-state index in [9.17, 15) is 0 Å². The highest BCUT2D eigenvalue weighted by molar-refractivity contribution is 6.12. The molecule has 0 radical (unpaired) electrons. The van der Waals surface area contributed by atoms with Crippen LogP contribution in [0.1, 0.15) is 0 Å². The quantitative estimate of drug-likeness (QED) is 0.228. The standard InChI is InChI=1S/C37H28N2/c1-38-36-18-9-8-15-34(36)35-17-10-16-33(37(35)38)29-21-25-32(26-22-29)39(30-13-6-3-7-14-30)31-23-19-28(20-24-31)27-11-4-2-5-12-27/h2-26H,1H3. The first-order valence-electron chi connectivity index (χ1n) is 13.4. The van der Waals surface area contributed by atoms with E-state index < -0.39 is 0 Å². The molecule has 2 nitrogen and oxygen atoms in total. The molecule has 186 valence electrons. The maximum absolute atomic E-state index is 2.32. The van der Waals surface area contributed by atoms with Crippen LogP contribution in [-0.2, 0) is 7.05 Å². The minimum Gasteiger partial charge on any atom is -0.343 e. The maximum atomic E-state index is 2.32. The number of rotatable bonds is 5. The van der Waals surface area contributed by atoms with Crippen LogP contribution in [0.15, 0.2) is 152 Å². The van der Waals surface area contributed by atoms with Crippen LogP contribution in [0.2, 0.25) is 0 Å². The zero-order valence-electron chi connectivity index (χ0n) is 21.8. The van der Waals surface area contributed by atoms with E-state index in [0.717, 1.165) is 17.1 Å². The molecule has 0 aliphatic rings. The number of para-hydroxylation sites is 3. The highest BCUT2D eigenvalue weighted by Gasteiger charge is 2.15. The molecule has 0 aliphatic carbocycles. The summed E-state index contributed by atoms with van der Waals surface area (Å²) in [5.41, 5.74) is 10.8. The summed E-state index contributed by atoms with van der Waals surface area (Å²) in [6, 6.07) is 54.1. The molecule has 0 aliphatic heterocycles. The monoisotopic (exact) mass is 500 g/mol. The van der Waals surface area contributed by atoms with E-state index in [1.165, 1.54) is 44.1 Å². The molecule has 0 N–H and O–H groups in total. The normalized spacial score (nSPS) is 11.2. The smallest absolute Gasteiger partial charge is 0.0568 e. The second kappa shape index (κ2) is 9.66. The van der Waals surface area contributed by atoms with Gasteiger partial charge in [-0.05, 0) is 59.2 Å². The van der Waals surface area contributed by atoms with E-state index in [4.69, 9.17) is 0 Å². The molecule has 0 unspecified atom stereocenters. The summed E-state index contributed by atoms with van der Waals surface area (Å²) in [6.45, 7) is 0. The van der Waals surface area contributed by atoms with Crippen molar-refractivity contribution in [3.63, 3.8) is 0 Å². The fourth-order valence-corrected chi connectivity index (χ4v) is 5.72. The van der Waals surface area contributed by atoms with Gasteiger partial charge in [-0.15, -0.1) is 0 Å². The second-order valence-electron chi connectivity index (χ2n) is 9.91. The molecule has 0 bridgehead atoms. The minimum atomic E-state index is 1.13. The highest BCUT2D eigenvalue weighted by atomic mass is 15.1. The summed E-state index contributed by atoms with van der Waals surface area (Å²) >= 11 is 0. The van der Waals surface area contributed by atoms with Crippen LogP contribution in [0.3, 0.4) is 0 Å². The number of nitrogens with zero attached hydrogens (tertiary/aromatic N) is 2. The van der Waals surface area contributed by atoms with E-state index in [-0.39, 0.29) is 0 Å². The van der Waals surface area contributed by atoms with Gasteiger partial charge in [-0.25, -0.2) is 0 Å². The Hall–Kier alpha value is -5.08. The molecule has 0 atom stereocenters. The van der Waals surface area contributed by atoms with Crippen molar-refractivity contribution in [3.05, 3.63) is 152 Å². The summed E-state index contributed by atoms with van der Waals surface area (Å²) < 4.78 is 2.32. The third kappa shape index (κ3) is 4.07. The molecule has 0 amide bonds. The van der Waals surface area contributed by atoms with Crippen molar-refractivity contribution in [1.29, 1.82) is 0 Å². The van der Waals surface area contributed by atoms with E-state index >= 15 is 0 Å². The number of hydrogen-bond acceptors (Lipinski definition) is 1. The molecule has 0 saturated heterocycles. The van der Waals surface area contributed by atoms with Crippen LogP contribution in [0.25, 0.3) is 44.1 Å². The van der Waals surface area contributed by atoms with Crippen molar-refractivity contribution in [2.24, 2.45) is 7.05 Å². The Balaban J connectivity index is 1.30. The molecule has 7 aromatic rings. The van der Waals surface area contributed by atoms with Crippen molar-refractivity contribution < 1.29 is 0 Å². The first-order chi connectivity index (χ1) is 19.3. The summed E-state index contributed by atoms with van der Waals surface area (Å²) in [5, 5.41) is 2.58. The zero-order chi connectivity index (χ0) is 26.2. The van der Waals surface area contributed by atoms with Gasteiger partial charge in [0.1, 0.15) is 0 Å². The van der Waals surface area contributed by atoms with Crippen LogP contribution in [0, 0.1) is 0 Å². The first-order valence-corrected chi connectivity index (χ1v) is 13.4. The summed E-state index contributed by atoms with van der Waals surface area (Å²) in [7, 11) is 2.17. The fourth-order valence-electron chi connectivity index (χ4n) is 5.72. The van der Waals surface area contributed by atoms with Gasteiger partial charge in [0, 0.05) is 46.0 Å². The predicted molar refractivity (Wildman–Crippen MR) is 166 cm³/mol. The van der Waals surface area contributed by atoms with Crippen molar-refractivity contribution in [1.82, 2.24) is 4.57 Å². The molecule has 39 heavy (non-hydrogen) atoms. The Morgan fingerprint density at radius 3 is 1.62 bits per heavy atom. The Labute approximate surface area is 229 Å². The average Bonchev–Trinajstić information content (AvgIpc) is 3.31. The maximum Gasteiger partial charge on any atom is 0.0568 e. The van der Waals surface area contributed by atoms with Gasteiger partial charge in [-0.1, -0.05) is 109 Å². The van der Waals surface area contributed by atoms with Gasteiger partial charge < -0.3 is 9.47 Å². The van der Waals surface area contributed by atoms with Gasteiger partial charge in [0.25, 0.3) is 0 Å². The summed E-state index contributed by atoms with van der Waals surface area (Å²) in [6.07, 6.45) is 0. The molecule has 6 aromatic carbocycles. The second-order valence-corrected chi connectivity index (χ2v) is 9.91. The lowest BCUT2D eigenvalue weighted by Gasteiger charge is -2.26. The molecular formula is C37H28N2. The molecule has 0 saturated carbocycles. The van der Waals surface area contributed by atoms with E-state index in [1.54, 1.807) is 0 Å². The van der Waals surface area contributed by atoms with E-state index in [1.807, 2.05) is 0 Å². The summed E-state index contributed by atoms with van der Waals surface area (Å²) in [4.78, 5) is 2.32. The number of anilines is 3. The Bertz CT molecular complexity index is 1880. The van der Waals surface area contributed by atoms with Gasteiger partial charge in [-0.3, -0.25) is 0 Å². The van der Waals surface area contributed by atoms with Crippen molar-refractivity contribution >= 4 is 38.9 Å². The molecule has 1 aromatic heterocycles. The van der Waals surface area contributed by atoms with Gasteiger partial charge in [0.15, 0.2) is 0 Å². The largest absolute Gasteiger partial charge is 0.343 e. The molecule has 7 rings (SSSR count). The van der Waals surface area contributed by atoms with E-state index in [2.05, 4.69) is 168 Å². The first kappa shape index (κ1) is 23.1. The predicted octanol–water partition coefficient (Wildman–Crippen LogP) is 10.1. The number of benzene rings is 6. The van der Waals surface area contributed by atoms with Crippen LogP contribution in [-0.4, -0.2) is 4.57 Å². The van der Waals surface area contributed by atoms with Crippen molar-refractivity contribution in [2.45, 2.75) is 0 Å². The number of aromatic nitrogens is 1. The number of fused-ring (bicyclic) bond motifs is 3. The Morgan fingerprint density at radius 2 is 0.923 bits per heavy atom. The van der Waals surface area contributed by atoms with Crippen LogP contribution in [0.4, 0.5) is 17.1 Å². The lowest BCUT2D eigenvalue weighted by atomic mass is 10.0. The topological polar surface area (TPSA) is 8.17 Å². The third-order valence-corrected chi connectivity index (χ3v) is 7.61. The van der Waals surface area contributed by atoms with Gasteiger partial charge in [0.2, 0.25) is 0 Å². The Kier molecular flexibility index (Phi) is 5.71. The average molecular weight is 501 g/mol. The van der Waals surface area contributed by atoms with Crippen molar-refractivity contribution in [2.75, 3.05) is 4.90 Å². The van der Waals surface area contributed by atoms with Crippen LogP contribution < -0.4 is 4.90 Å². The van der Waals surface area contributed by atoms with Crippen LogP contribution in [0.5, 0.6) is 0 Å². The molecular weight excluding hydrogens is 472 g/mol. The van der Waals surface area contributed by atoms with E-state index in [0.29, 0.717) is 0 Å².